The van der Waals surface area contributed by atoms with Crippen molar-refractivity contribution in [3.8, 4) is 0 Å². The van der Waals surface area contributed by atoms with Crippen molar-refractivity contribution in [1.82, 2.24) is 10.2 Å². The SMILES string of the molecule is CCCNCC(c1ccccc1)N(C)CC(F)(F)F. The second-order valence-corrected chi connectivity index (χ2v) is 4.66. The molecule has 19 heavy (non-hydrogen) atoms. The quantitative estimate of drug-likeness (QED) is 0.768. The Labute approximate surface area is 112 Å². The summed E-state index contributed by atoms with van der Waals surface area (Å²) in [6.45, 7) is 2.46. The number of halogens is 3. The van der Waals surface area contributed by atoms with E-state index in [-0.39, 0.29) is 6.04 Å². The topological polar surface area (TPSA) is 15.3 Å². The summed E-state index contributed by atoms with van der Waals surface area (Å²) >= 11 is 0. The predicted molar refractivity (Wildman–Crippen MR) is 71.0 cm³/mol. The molecule has 0 bridgehead atoms. The van der Waals surface area contributed by atoms with Crippen LogP contribution in [-0.2, 0) is 0 Å². The first kappa shape index (κ1) is 16.0. The Morgan fingerprint density at radius 1 is 1.21 bits per heavy atom. The number of likely N-dealkylation sites (N-methyl/N-ethyl adjacent to an activating group) is 1. The lowest BCUT2D eigenvalue weighted by Gasteiger charge is -2.29. The number of alkyl halides is 3. The van der Waals surface area contributed by atoms with Crippen molar-refractivity contribution in [3.63, 3.8) is 0 Å². The molecule has 0 aliphatic heterocycles. The lowest BCUT2D eigenvalue weighted by Crippen LogP contribution is -2.39. The summed E-state index contributed by atoms with van der Waals surface area (Å²) in [6.07, 6.45) is -3.21. The molecular formula is C14H21F3N2. The molecule has 108 valence electrons. The summed E-state index contributed by atoms with van der Waals surface area (Å²) in [5.41, 5.74) is 0.901. The molecule has 0 aliphatic rings. The molecule has 0 radical (unpaired) electrons. The van der Waals surface area contributed by atoms with Crippen LogP contribution in [-0.4, -0.2) is 37.8 Å². The Kier molecular flexibility index (Phi) is 6.31. The summed E-state index contributed by atoms with van der Waals surface area (Å²) in [5, 5.41) is 3.19. The van der Waals surface area contributed by atoms with E-state index in [1.807, 2.05) is 37.3 Å². The number of nitrogens with zero attached hydrogens (tertiary/aromatic N) is 1. The summed E-state index contributed by atoms with van der Waals surface area (Å²) in [6, 6.07) is 9.03. The third-order valence-corrected chi connectivity index (χ3v) is 2.91. The first-order valence-electron chi connectivity index (χ1n) is 6.46. The van der Waals surface area contributed by atoms with Gasteiger partial charge in [0.25, 0.3) is 0 Å². The van der Waals surface area contributed by atoms with Gasteiger partial charge in [0, 0.05) is 12.6 Å². The Morgan fingerprint density at radius 3 is 2.37 bits per heavy atom. The monoisotopic (exact) mass is 274 g/mol. The van der Waals surface area contributed by atoms with Crippen molar-refractivity contribution >= 4 is 0 Å². The van der Waals surface area contributed by atoms with Gasteiger partial charge in [-0.1, -0.05) is 37.3 Å². The van der Waals surface area contributed by atoms with Crippen LogP contribution in [0.25, 0.3) is 0 Å². The van der Waals surface area contributed by atoms with E-state index in [2.05, 4.69) is 5.32 Å². The molecule has 5 heteroatoms. The molecule has 0 aromatic heterocycles. The summed E-state index contributed by atoms with van der Waals surface area (Å²) in [5.74, 6) is 0. The van der Waals surface area contributed by atoms with Crippen molar-refractivity contribution in [2.45, 2.75) is 25.6 Å². The molecule has 0 fully saturated rings. The highest BCUT2D eigenvalue weighted by atomic mass is 19.4. The van der Waals surface area contributed by atoms with Gasteiger partial charge in [-0.05, 0) is 25.6 Å². The zero-order chi connectivity index (χ0) is 14.3. The van der Waals surface area contributed by atoms with Gasteiger partial charge >= 0.3 is 6.18 Å². The van der Waals surface area contributed by atoms with Crippen molar-refractivity contribution in [3.05, 3.63) is 35.9 Å². The third-order valence-electron chi connectivity index (χ3n) is 2.91. The van der Waals surface area contributed by atoms with Crippen LogP contribution in [0.15, 0.2) is 30.3 Å². The van der Waals surface area contributed by atoms with E-state index in [4.69, 9.17) is 0 Å². The largest absolute Gasteiger partial charge is 0.401 e. The zero-order valence-electron chi connectivity index (χ0n) is 11.4. The van der Waals surface area contributed by atoms with Crippen molar-refractivity contribution in [2.75, 3.05) is 26.7 Å². The van der Waals surface area contributed by atoms with E-state index in [1.54, 1.807) is 0 Å². The summed E-state index contributed by atoms with van der Waals surface area (Å²) in [4.78, 5) is 1.35. The average molecular weight is 274 g/mol. The molecule has 1 aromatic carbocycles. The summed E-state index contributed by atoms with van der Waals surface area (Å²) in [7, 11) is 1.51. The van der Waals surface area contributed by atoms with Gasteiger partial charge in [0.05, 0.1) is 6.54 Å². The van der Waals surface area contributed by atoms with Gasteiger partial charge in [0.2, 0.25) is 0 Å². The number of rotatable bonds is 7. The minimum atomic E-state index is -4.17. The molecule has 1 N–H and O–H groups in total. The first-order chi connectivity index (χ1) is 8.94. The molecule has 1 aromatic rings. The highest BCUT2D eigenvalue weighted by Crippen LogP contribution is 2.23. The molecule has 0 amide bonds. The fourth-order valence-electron chi connectivity index (χ4n) is 2.01. The lowest BCUT2D eigenvalue weighted by atomic mass is 10.1. The van der Waals surface area contributed by atoms with E-state index < -0.39 is 12.7 Å². The fourth-order valence-corrected chi connectivity index (χ4v) is 2.01. The first-order valence-corrected chi connectivity index (χ1v) is 6.46. The van der Waals surface area contributed by atoms with Crippen LogP contribution in [0.5, 0.6) is 0 Å². The maximum absolute atomic E-state index is 12.5. The molecule has 0 aliphatic carbocycles. The predicted octanol–water partition coefficient (Wildman–Crippen LogP) is 3.22. The van der Waals surface area contributed by atoms with Crippen molar-refractivity contribution in [2.24, 2.45) is 0 Å². The molecule has 2 nitrogen and oxygen atoms in total. The molecule has 1 rings (SSSR count). The van der Waals surface area contributed by atoms with Crippen molar-refractivity contribution < 1.29 is 13.2 Å². The van der Waals surface area contributed by atoms with Crippen LogP contribution in [0.2, 0.25) is 0 Å². The standard InChI is InChI=1S/C14H21F3N2/c1-3-9-18-10-13(12-7-5-4-6-8-12)19(2)11-14(15,16)17/h4-8,13,18H,3,9-11H2,1-2H3. The molecule has 0 saturated carbocycles. The maximum Gasteiger partial charge on any atom is 0.401 e. The molecule has 1 unspecified atom stereocenters. The zero-order valence-corrected chi connectivity index (χ0v) is 11.4. The normalized spacial score (nSPS) is 13.8. The van der Waals surface area contributed by atoms with E-state index in [0.29, 0.717) is 6.54 Å². The van der Waals surface area contributed by atoms with Crippen molar-refractivity contribution in [1.29, 1.82) is 0 Å². The van der Waals surface area contributed by atoms with Gasteiger partial charge in [-0.25, -0.2) is 0 Å². The molecule has 0 saturated heterocycles. The maximum atomic E-state index is 12.5. The van der Waals surface area contributed by atoms with Crippen LogP contribution in [0.1, 0.15) is 24.9 Å². The number of benzene rings is 1. The Morgan fingerprint density at radius 2 is 1.84 bits per heavy atom. The molecule has 0 heterocycles. The molecule has 0 spiro atoms. The summed E-state index contributed by atoms with van der Waals surface area (Å²) < 4.78 is 37.5. The lowest BCUT2D eigenvalue weighted by molar-refractivity contribution is -0.147. The van der Waals surface area contributed by atoms with Gasteiger partial charge < -0.3 is 5.32 Å². The second-order valence-electron chi connectivity index (χ2n) is 4.66. The fraction of sp³-hybridized carbons (Fsp3) is 0.571. The number of hydrogen-bond acceptors (Lipinski definition) is 2. The molecule has 1 atom stereocenters. The van der Waals surface area contributed by atoms with Crippen LogP contribution in [0.4, 0.5) is 13.2 Å². The number of nitrogens with one attached hydrogen (secondary N) is 1. The van der Waals surface area contributed by atoms with Gasteiger partial charge in [0.1, 0.15) is 0 Å². The van der Waals surface area contributed by atoms with E-state index >= 15 is 0 Å². The second kappa shape index (κ2) is 7.50. The third kappa shape index (κ3) is 6.07. The highest BCUT2D eigenvalue weighted by molar-refractivity contribution is 5.19. The average Bonchev–Trinajstić information content (AvgIpc) is 2.33. The van der Waals surface area contributed by atoms with Gasteiger partial charge in [-0.3, -0.25) is 4.90 Å². The minimum absolute atomic E-state index is 0.269. The Hall–Kier alpha value is -1.07. The van der Waals surface area contributed by atoms with Crippen LogP contribution < -0.4 is 5.32 Å². The Balaban J connectivity index is 2.74. The van der Waals surface area contributed by atoms with Gasteiger partial charge in [-0.15, -0.1) is 0 Å². The van der Waals surface area contributed by atoms with E-state index in [1.165, 1.54) is 11.9 Å². The minimum Gasteiger partial charge on any atom is -0.315 e. The van der Waals surface area contributed by atoms with Gasteiger partial charge in [-0.2, -0.15) is 13.2 Å². The van der Waals surface area contributed by atoms with Crippen LogP contribution in [0, 0.1) is 0 Å². The molecular weight excluding hydrogens is 253 g/mol. The van der Waals surface area contributed by atoms with E-state index in [9.17, 15) is 13.2 Å². The highest BCUT2D eigenvalue weighted by Gasteiger charge is 2.32. The number of hydrogen-bond donors (Lipinski definition) is 1. The smallest absolute Gasteiger partial charge is 0.315 e. The van der Waals surface area contributed by atoms with E-state index in [0.717, 1.165) is 18.5 Å². The van der Waals surface area contributed by atoms with Crippen LogP contribution in [0.3, 0.4) is 0 Å². The Bertz CT molecular complexity index is 351. The van der Waals surface area contributed by atoms with Crippen LogP contribution >= 0.6 is 0 Å². The van der Waals surface area contributed by atoms with Gasteiger partial charge in [0.15, 0.2) is 0 Å².